The molecule has 0 aliphatic heterocycles. The average Bonchev–Trinajstić information content (AvgIpc) is 3.36. The van der Waals surface area contributed by atoms with Crippen molar-refractivity contribution in [2.75, 3.05) is 13.2 Å². The molecule has 1 amide bonds. The quantitative estimate of drug-likeness (QED) is 0.0417. The van der Waals surface area contributed by atoms with E-state index in [0.717, 1.165) is 38.5 Å². The zero-order valence-electron chi connectivity index (χ0n) is 47.8. The van der Waals surface area contributed by atoms with E-state index in [1.54, 1.807) is 0 Å². The summed E-state index contributed by atoms with van der Waals surface area (Å²) in [6.45, 7) is 4.99. The third-order valence-electron chi connectivity index (χ3n) is 15.4. The van der Waals surface area contributed by atoms with E-state index in [1.165, 1.54) is 302 Å². The van der Waals surface area contributed by atoms with Crippen LogP contribution in [0.2, 0.25) is 0 Å². The lowest BCUT2D eigenvalue weighted by Gasteiger charge is -2.22. The summed E-state index contributed by atoms with van der Waals surface area (Å²) in [4.78, 5) is 24.6. The molecule has 0 fully saturated rings. The van der Waals surface area contributed by atoms with Gasteiger partial charge >= 0.3 is 5.97 Å². The van der Waals surface area contributed by atoms with Crippen LogP contribution in [0.4, 0.5) is 0 Å². The third-order valence-corrected chi connectivity index (χ3v) is 15.4. The van der Waals surface area contributed by atoms with Gasteiger partial charge in [0.1, 0.15) is 0 Å². The Bertz CT molecular complexity index is 1010. The Morgan fingerprint density at radius 1 is 0.343 bits per heavy atom. The first-order chi connectivity index (χ1) is 34.5. The number of aliphatic hydroxyl groups excluding tert-OH is 2. The zero-order chi connectivity index (χ0) is 50.7. The van der Waals surface area contributed by atoms with Crippen LogP contribution in [0.3, 0.4) is 0 Å². The number of nitrogens with one attached hydrogen (secondary N) is 1. The highest BCUT2D eigenvalue weighted by atomic mass is 16.5. The topological polar surface area (TPSA) is 95.9 Å². The molecule has 0 aliphatic carbocycles. The molecule has 0 aromatic heterocycles. The highest BCUT2D eigenvalue weighted by Gasteiger charge is 2.20. The van der Waals surface area contributed by atoms with Gasteiger partial charge in [0.15, 0.2) is 0 Å². The lowest BCUT2D eigenvalue weighted by molar-refractivity contribution is -0.143. The smallest absolute Gasteiger partial charge is 0.305 e. The van der Waals surface area contributed by atoms with Gasteiger partial charge in [0.2, 0.25) is 5.91 Å². The van der Waals surface area contributed by atoms with Crippen LogP contribution in [0.25, 0.3) is 0 Å². The molecule has 0 spiro atoms. The third kappa shape index (κ3) is 56.2. The molecule has 6 nitrogen and oxygen atoms in total. The van der Waals surface area contributed by atoms with Gasteiger partial charge in [0, 0.05) is 12.8 Å². The molecular formula is C64H127NO5. The molecule has 0 rings (SSSR count). The SMILES string of the molecule is CCCCCCCCCCCCCCCCCCCCC(O)C(CO)NC(=O)CCCCCCCCCCCCCCCCCCCCCCCOC(=O)CCCCCCCCCCCCCCCC. The minimum Gasteiger partial charge on any atom is -0.466 e. The van der Waals surface area contributed by atoms with E-state index in [2.05, 4.69) is 19.2 Å². The van der Waals surface area contributed by atoms with Crippen molar-refractivity contribution in [2.45, 2.75) is 386 Å². The molecule has 0 saturated heterocycles. The van der Waals surface area contributed by atoms with E-state index in [1.807, 2.05) is 0 Å². The van der Waals surface area contributed by atoms with E-state index >= 15 is 0 Å². The summed E-state index contributed by atoms with van der Waals surface area (Å²) < 4.78 is 5.49. The number of hydrogen-bond acceptors (Lipinski definition) is 5. The molecule has 0 bridgehead atoms. The second-order valence-electron chi connectivity index (χ2n) is 22.5. The molecule has 2 atom stereocenters. The number of rotatable bonds is 61. The number of ether oxygens (including phenoxy) is 1. The minimum absolute atomic E-state index is 0.0155. The predicted molar refractivity (Wildman–Crippen MR) is 306 cm³/mol. The molecule has 2 unspecified atom stereocenters. The molecule has 3 N–H and O–H groups in total. The van der Waals surface area contributed by atoms with Crippen LogP contribution >= 0.6 is 0 Å². The first-order valence-corrected chi connectivity index (χ1v) is 32.3. The molecule has 0 heterocycles. The second kappa shape index (κ2) is 60.4. The summed E-state index contributed by atoms with van der Waals surface area (Å²) in [6.07, 6.45) is 71.2. The zero-order valence-corrected chi connectivity index (χ0v) is 47.8. The Kier molecular flexibility index (Phi) is 59.4. The van der Waals surface area contributed by atoms with Crippen LogP contribution < -0.4 is 5.32 Å². The van der Waals surface area contributed by atoms with Gasteiger partial charge in [-0.3, -0.25) is 9.59 Å². The van der Waals surface area contributed by atoms with Crippen LogP contribution in [0.15, 0.2) is 0 Å². The fourth-order valence-corrected chi connectivity index (χ4v) is 10.5. The number of aliphatic hydroxyl groups is 2. The summed E-state index contributed by atoms with van der Waals surface area (Å²) in [5.41, 5.74) is 0. The van der Waals surface area contributed by atoms with Crippen molar-refractivity contribution in [3.8, 4) is 0 Å². The van der Waals surface area contributed by atoms with E-state index in [9.17, 15) is 19.8 Å². The van der Waals surface area contributed by atoms with Crippen molar-refractivity contribution < 1.29 is 24.5 Å². The standard InChI is InChI=1S/C64H127NO5/c1-3-5-7-9-11-13-15-17-19-20-26-29-32-36-40-44-48-52-56-62(67)61(60-66)65-63(68)57-53-49-45-41-37-33-30-27-24-22-21-23-25-28-31-35-39-43-47-51-55-59-70-64(69)58-54-50-46-42-38-34-18-16-14-12-10-8-6-4-2/h61-62,66-67H,3-60H2,1-2H3,(H,65,68). The molecule has 0 aromatic rings. The van der Waals surface area contributed by atoms with Crippen LogP contribution in [0, 0.1) is 0 Å². The number of esters is 1. The highest BCUT2D eigenvalue weighted by Crippen LogP contribution is 2.19. The lowest BCUT2D eigenvalue weighted by atomic mass is 10.0. The predicted octanol–water partition coefficient (Wildman–Crippen LogP) is 20.3. The van der Waals surface area contributed by atoms with Gasteiger partial charge in [-0.2, -0.15) is 0 Å². The average molecular weight is 991 g/mol. The maximum absolute atomic E-state index is 12.5. The fourth-order valence-electron chi connectivity index (χ4n) is 10.5. The number of carbonyl (C=O) groups excluding carboxylic acids is 2. The Labute approximate surface area is 438 Å². The highest BCUT2D eigenvalue weighted by molar-refractivity contribution is 5.76. The first kappa shape index (κ1) is 68.9. The second-order valence-corrected chi connectivity index (χ2v) is 22.5. The molecule has 70 heavy (non-hydrogen) atoms. The van der Waals surface area contributed by atoms with Gasteiger partial charge in [-0.25, -0.2) is 0 Å². The summed E-state index contributed by atoms with van der Waals surface area (Å²) in [6, 6.07) is -0.541. The Morgan fingerprint density at radius 3 is 0.871 bits per heavy atom. The minimum atomic E-state index is -0.664. The maximum Gasteiger partial charge on any atom is 0.305 e. The molecule has 0 radical (unpaired) electrons. The maximum atomic E-state index is 12.5. The molecule has 418 valence electrons. The van der Waals surface area contributed by atoms with Gasteiger partial charge < -0.3 is 20.3 Å². The molecule has 0 aliphatic rings. The Morgan fingerprint density at radius 2 is 0.586 bits per heavy atom. The first-order valence-electron chi connectivity index (χ1n) is 32.3. The Hall–Kier alpha value is -1.14. The molecule has 0 aromatic carbocycles. The number of carbonyl (C=O) groups is 2. The van der Waals surface area contributed by atoms with Crippen molar-refractivity contribution in [3.63, 3.8) is 0 Å². The number of unbranched alkanes of at least 4 members (excludes halogenated alkanes) is 50. The van der Waals surface area contributed by atoms with Gasteiger partial charge in [-0.15, -0.1) is 0 Å². The normalized spacial score (nSPS) is 12.5. The molecule has 6 heteroatoms. The fraction of sp³-hybridized carbons (Fsp3) is 0.969. The van der Waals surface area contributed by atoms with Crippen molar-refractivity contribution in [1.82, 2.24) is 5.32 Å². The van der Waals surface area contributed by atoms with E-state index < -0.39 is 12.1 Å². The summed E-state index contributed by atoms with van der Waals surface area (Å²) in [5, 5.41) is 23.4. The monoisotopic (exact) mass is 990 g/mol. The summed E-state index contributed by atoms with van der Waals surface area (Å²) in [5.74, 6) is -0.0161. The van der Waals surface area contributed by atoms with Gasteiger partial charge in [-0.1, -0.05) is 335 Å². The van der Waals surface area contributed by atoms with Gasteiger partial charge in [0.25, 0.3) is 0 Å². The summed E-state index contributed by atoms with van der Waals surface area (Å²) >= 11 is 0. The lowest BCUT2D eigenvalue weighted by Crippen LogP contribution is -2.45. The Balaban J connectivity index is 3.37. The van der Waals surface area contributed by atoms with Crippen molar-refractivity contribution in [3.05, 3.63) is 0 Å². The van der Waals surface area contributed by atoms with Crippen LogP contribution in [0.1, 0.15) is 373 Å². The van der Waals surface area contributed by atoms with Crippen LogP contribution in [-0.4, -0.2) is 47.4 Å². The van der Waals surface area contributed by atoms with Gasteiger partial charge in [0.05, 0.1) is 25.4 Å². The van der Waals surface area contributed by atoms with Crippen molar-refractivity contribution >= 4 is 11.9 Å². The van der Waals surface area contributed by atoms with E-state index in [-0.39, 0.29) is 18.5 Å². The van der Waals surface area contributed by atoms with Crippen LogP contribution in [-0.2, 0) is 14.3 Å². The van der Waals surface area contributed by atoms with Crippen LogP contribution in [0.5, 0.6) is 0 Å². The van der Waals surface area contributed by atoms with Gasteiger partial charge in [-0.05, 0) is 25.7 Å². The number of amides is 1. The number of hydrogen-bond donors (Lipinski definition) is 3. The summed E-state index contributed by atoms with van der Waals surface area (Å²) in [7, 11) is 0. The van der Waals surface area contributed by atoms with Crippen molar-refractivity contribution in [1.29, 1.82) is 0 Å². The molecule has 0 saturated carbocycles. The van der Waals surface area contributed by atoms with E-state index in [4.69, 9.17) is 4.74 Å². The van der Waals surface area contributed by atoms with E-state index in [0.29, 0.717) is 25.9 Å². The largest absolute Gasteiger partial charge is 0.466 e. The van der Waals surface area contributed by atoms with Crippen molar-refractivity contribution in [2.24, 2.45) is 0 Å². The molecular weight excluding hydrogens is 863 g/mol.